The van der Waals surface area contributed by atoms with E-state index in [1.165, 1.54) is 12.8 Å². The topological polar surface area (TPSA) is 52.6 Å². The molecule has 92 valence electrons. The predicted octanol–water partition coefficient (Wildman–Crippen LogP) is 1.07. The molecule has 2 fully saturated rings. The minimum absolute atomic E-state index is 0.430. The zero-order valence-electron chi connectivity index (χ0n) is 10.2. The number of carboxylic acids is 1. The fourth-order valence-electron chi connectivity index (χ4n) is 2.20. The summed E-state index contributed by atoms with van der Waals surface area (Å²) in [5.41, 5.74) is -0.778. The third kappa shape index (κ3) is 2.74. The lowest BCUT2D eigenvalue weighted by Crippen LogP contribution is -2.58. The van der Waals surface area contributed by atoms with Gasteiger partial charge < -0.3 is 5.11 Å². The molecule has 2 saturated carbocycles. The molecular weight excluding hydrogens is 204 g/mol. The van der Waals surface area contributed by atoms with Gasteiger partial charge in [0.1, 0.15) is 5.54 Å². The molecule has 2 rings (SSSR count). The van der Waals surface area contributed by atoms with Crippen LogP contribution in [0.4, 0.5) is 0 Å². The van der Waals surface area contributed by atoms with Crippen molar-refractivity contribution in [2.24, 2.45) is 0 Å². The zero-order valence-corrected chi connectivity index (χ0v) is 10.2. The fraction of sp³-hybridized carbons (Fsp3) is 0.917. The van der Waals surface area contributed by atoms with Crippen molar-refractivity contribution in [1.29, 1.82) is 0 Å². The van der Waals surface area contributed by atoms with Gasteiger partial charge >= 0.3 is 5.97 Å². The number of aliphatic carboxylic acids is 1. The molecule has 0 aliphatic heterocycles. The largest absolute Gasteiger partial charge is 0.480 e. The fourth-order valence-corrected chi connectivity index (χ4v) is 2.20. The van der Waals surface area contributed by atoms with Gasteiger partial charge in [0.15, 0.2) is 0 Å². The summed E-state index contributed by atoms with van der Waals surface area (Å²) in [4.78, 5) is 13.7. The van der Waals surface area contributed by atoms with Crippen LogP contribution in [0.15, 0.2) is 0 Å². The van der Waals surface area contributed by atoms with E-state index in [2.05, 4.69) is 17.1 Å². The Kier molecular flexibility index (Phi) is 3.22. The van der Waals surface area contributed by atoms with E-state index < -0.39 is 11.5 Å². The molecule has 2 aliphatic carbocycles. The molecular formula is C12H22N2O2. The normalized spacial score (nSPS) is 24.4. The molecule has 0 aromatic rings. The van der Waals surface area contributed by atoms with Gasteiger partial charge in [-0.05, 0) is 39.2 Å². The second kappa shape index (κ2) is 4.34. The van der Waals surface area contributed by atoms with Gasteiger partial charge in [0.05, 0.1) is 0 Å². The highest BCUT2D eigenvalue weighted by atomic mass is 16.4. The van der Waals surface area contributed by atoms with E-state index in [-0.39, 0.29) is 0 Å². The van der Waals surface area contributed by atoms with Gasteiger partial charge in [-0.15, -0.1) is 0 Å². The maximum atomic E-state index is 11.4. The Hall–Kier alpha value is -0.610. The van der Waals surface area contributed by atoms with Crippen molar-refractivity contribution in [3.8, 4) is 0 Å². The SMILES string of the molecule is CCN(CC(C)(NC1CC1)C(=O)O)C1CC1. The summed E-state index contributed by atoms with van der Waals surface area (Å²) in [6, 6.07) is 1.06. The van der Waals surface area contributed by atoms with E-state index in [4.69, 9.17) is 0 Å². The van der Waals surface area contributed by atoms with Gasteiger partial charge in [-0.25, -0.2) is 0 Å². The molecule has 1 unspecified atom stereocenters. The van der Waals surface area contributed by atoms with Crippen LogP contribution in [-0.4, -0.2) is 46.7 Å². The van der Waals surface area contributed by atoms with Crippen molar-refractivity contribution in [2.45, 2.75) is 57.2 Å². The van der Waals surface area contributed by atoms with Crippen LogP contribution >= 0.6 is 0 Å². The van der Waals surface area contributed by atoms with E-state index in [0.717, 1.165) is 19.4 Å². The number of hydrogen-bond donors (Lipinski definition) is 2. The van der Waals surface area contributed by atoms with Crippen molar-refractivity contribution in [1.82, 2.24) is 10.2 Å². The summed E-state index contributed by atoms with van der Waals surface area (Å²) in [7, 11) is 0. The summed E-state index contributed by atoms with van der Waals surface area (Å²) in [5, 5.41) is 12.6. The van der Waals surface area contributed by atoms with Gasteiger partial charge in [-0.2, -0.15) is 0 Å². The Morgan fingerprint density at radius 1 is 1.44 bits per heavy atom. The Morgan fingerprint density at radius 2 is 2.06 bits per heavy atom. The minimum atomic E-state index is -0.778. The number of nitrogens with one attached hydrogen (secondary N) is 1. The van der Waals surface area contributed by atoms with Gasteiger partial charge in [-0.3, -0.25) is 15.0 Å². The Bertz CT molecular complexity index is 274. The van der Waals surface area contributed by atoms with Gasteiger partial charge in [-0.1, -0.05) is 6.92 Å². The maximum Gasteiger partial charge on any atom is 0.324 e. The van der Waals surface area contributed by atoms with Crippen LogP contribution in [0.25, 0.3) is 0 Å². The third-order valence-electron chi connectivity index (χ3n) is 3.56. The lowest BCUT2D eigenvalue weighted by molar-refractivity contribution is -0.145. The van der Waals surface area contributed by atoms with E-state index >= 15 is 0 Å². The summed E-state index contributed by atoms with van der Waals surface area (Å²) >= 11 is 0. The molecule has 0 spiro atoms. The van der Waals surface area contributed by atoms with Crippen molar-refractivity contribution < 1.29 is 9.90 Å². The highest BCUT2D eigenvalue weighted by Crippen LogP contribution is 2.29. The average molecular weight is 226 g/mol. The lowest BCUT2D eigenvalue weighted by Gasteiger charge is -2.32. The number of likely N-dealkylation sites (N-methyl/N-ethyl adjacent to an activating group) is 1. The molecule has 2 aliphatic rings. The molecule has 2 N–H and O–H groups in total. The Balaban J connectivity index is 1.96. The van der Waals surface area contributed by atoms with Gasteiger partial charge in [0, 0.05) is 18.6 Å². The number of rotatable bonds is 7. The van der Waals surface area contributed by atoms with Crippen molar-refractivity contribution >= 4 is 5.97 Å². The number of carbonyl (C=O) groups is 1. The predicted molar refractivity (Wildman–Crippen MR) is 62.5 cm³/mol. The highest BCUT2D eigenvalue weighted by Gasteiger charge is 2.42. The van der Waals surface area contributed by atoms with E-state index in [1.807, 2.05) is 6.92 Å². The smallest absolute Gasteiger partial charge is 0.324 e. The first-order valence-electron chi connectivity index (χ1n) is 6.30. The van der Waals surface area contributed by atoms with Gasteiger partial charge in [0.2, 0.25) is 0 Å². The van der Waals surface area contributed by atoms with Crippen molar-refractivity contribution in [3.63, 3.8) is 0 Å². The summed E-state index contributed by atoms with van der Waals surface area (Å²) in [5.74, 6) is -0.724. The average Bonchev–Trinajstić information content (AvgIpc) is 3.06. The standard InChI is InChI=1S/C12H22N2O2/c1-3-14(10-6-7-10)8-12(2,11(15)16)13-9-4-5-9/h9-10,13H,3-8H2,1-2H3,(H,15,16). The van der Waals surface area contributed by atoms with Crippen LogP contribution in [-0.2, 0) is 4.79 Å². The highest BCUT2D eigenvalue weighted by molar-refractivity contribution is 5.78. The minimum Gasteiger partial charge on any atom is -0.480 e. The van der Waals surface area contributed by atoms with Crippen LogP contribution < -0.4 is 5.32 Å². The number of nitrogens with zero attached hydrogens (tertiary/aromatic N) is 1. The maximum absolute atomic E-state index is 11.4. The Labute approximate surface area is 97.0 Å². The van der Waals surface area contributed by atoms with Gasteiger partial charge in [0.25, 0.3) is 0 Å². The molecule has 0 amide bonds. The van der Waals surface area contributed by atoms with Crippen LogP contribution in [0.2, 0.25) is 0 Å². The van der Waals surface area contributed by atoms with Crippen LogP contribution in [0.1, 0.15) is 39.5 Å². The molecule has 0 radical (unpaired) electrons. The van der Waals surface area contributed by atoms with Crippen LogP contribution in [0, 0.1) is 0 Å². The molecule has 4 nitrogen and oxygen atoms in total. The van der Waals surface area contributed by atoms with Crippen molar-refractivity contribution in [2.75, 3.05) is 13.1 Å². The van der Waals surface area contributed by atoms with Crippen molar-refractivity contribution in [3.05, 3.63) is 0 Å². The summed E-state index contributed by atoms with van der Waals surface area (Å²) in [6.45, 7) is 5.50. The van der Waals surface area contributed by atoms with E-state index in [0.29, 0.717) is 18.6 Å². The molecule has 0 aromatic carbocycles. The molecule has 16 heavy (non-hydrogen) atoms. The lowest BCUT2D eigenvalue weighted by atomic mass is 10.0. The first-order chi connectivity index (χ1) is 7.55. The second-order valence-corrected chi connectivity index (χ2v) is 5.35. The third-order valence-corrected chi connectivity index (χ3v) is 3.56. The molecule has 0 bridgehead atoms. The second-order valence-electron chi connectivity index (χ2n) is 5.35. The quantitative estimate of drug-likeness (QED) is 0.681. The molecule has 1 atom stereocenters. The van der Waals surface area contributed by atoms with Crippen LogP contribution in [0.3, 0.4) is 0 Å². The first-order valence-corrected chi connectivity index (χ1v) is 6.30. The van der Waals surface area contributed by atoms with E-state index in [1.54, 1.807) is 0 Å². The summed E-state index contributed by atoms with van der Waals surface area (Å²) in [6.07, 6.45) is 4.71. The summed E-state index contributed by atoms with van der Waals surface area (Å²) < 4.78 is 0. The van der Waals surface area contributed by atoms with Crippen LogP contribution in [0.5, 0.6) is 0 Å². The molecule has 0 heterocycles. The number of carboxylic acid groups (broad SMARTS) is 1. The number of hydrogen-bond acceptors (Lipinski definition) is 3. The Morgan fingerprint density at radius 3 is 2.44 bits per heavy atom. The zero-order chi connectivity index (χ0) is 11.8. The molecule has 0 aromatic heterocycles. The first kappa shape index (κ1) is 11.9. The molecule has 4 heteroatoms. The molecule has 0 saturated heterocycles. The van der Waals surface area contributed by atoms with E-state index in [9.17, 15) is 9.90 Å². The monoisotopic (exact) mass is 226 g/mol.